The lowest BCUT2D eigenvalue weighted by atomic mass is 9.89. The van der Waals surface area contributed by atoms with Crippen LogP contribution in [0.4, 0.5) is 5.69 Å². The standard InChI is InChI=1S/C20H15NO5/c1-21-7-13-18(14(22)6-17-20(13)26-9-25-17)11-3-2-10-4-15-16(24-8-23-15)5-12(10)19(11)21/h2-6,22H,7-9H2,1H3/p+1. The Bertz CT molecular complexity index is 1110. The summed E-state index contributed by atoms with van der Waals surface area (Å²) >= 11 is 0. The molecule has 3 heterocycles. The number of nitrogens with one attached hydrogen (secondary N) is 1. The van der Waals surface area contributed by atoms with E-state index < -0.39 is 0 Å². The molecule has 1 atom stereocenters. The molecular formula is C20H16NO5+. The van der Waals surface area contributed by atoms with E-state index in [0.29, 0.717) is 12.3 Å². The minimum absolute atomic E-state index is 0.193. The van der Waals surface area contributed by atoms with Gasteiger partial charge in [-0.1, -0.05) is 6.07 Å². The maximum atomic E-state index is 10.7. The van der Waals surface area contributed by atoms with Gasteiger partial charge in [-0.25, -0.2) is 0 Å². The highest BCUT2D eigenvalue weighted by Gasteiger charge is 2.35. The predicted molar refractivity (Wildman–Crippen MR) is 93.5 cm³/mol. The van der Waals surface area contributed by atoms with Crippen LogP contribution in [0, 0.1) is 0 Å². The predicted octanol–water partition coefficient (Wildman–Crippen LogP) is 2.33. The van der Waals surface area contributed by atoms with E-state index in [1.165, 1.54) is 4.90 Å². The SMILES string of the molecule is C[NH+]1Cc2c3c(cc(O)c2-c2ccc4cc5c(cc4c21)OCO5)OCO3. The number of aromatic hydroxyl groups is 1. The van der Waals surface area contributed by atoms with E-state index in [4.69, 9.17) is 18.9 Å². The number of phenolic OH excluding ortho intramolecular Hbond substituents is 1. The summed E-state index contributed by atoms with van der Waals surface area (Å²) in [5, 5.41) is 12.9. The monoisotopic (exact) mass is 350 g/mol. The van der Waals surface area contributed by atoms with Crippen molar-refractivity contribution in [1.29, 1.82) is 0 Å². The van der Waals surface area contributed by atoms with Crippen LogP contribution in [0.15, 0.2) is 30.3 Å². The zero-order valence-corrected chi connectivity index (χ0v) is 14.1. The van der Waals surface area contributed by atoms with E-state index in [1.54, 1.807) is 6.07 Å². The highest BCUT2D eigenvalue weighted by atomic mass is 16.7. The number of fused-ring (bicyclic) bond motifs is 8. The summed E-state index contributed by atoms with van der Waals surface area (Å²) in [6, 6.07) is 9.82. The van der Waals surface area contributed by atoms with Gasteiger partial charge in [-0.3, -0.25) is 4.90 Å². The van der Waals surface area contributed by atoms with E-state index >= 15 is 0 Å². The number of benzene rings is 3. The van der Waals surface area contributed by atoms with E-state index in [0.717, 1.165) is 50.4 Å². The van der Waals surface area contributed by atoms with E-state index in [-0.39, 0.29) is 19.3 Å². The quantitative estimate of drug-likeness (QED) is 0.652. The summed E-state index contributed by atoms with van der Waals surface area (Å²) in [7, 11) is 2.12. The maximum Gasteiger partial charge on any atom is 0.231 e. The molecule has 6 heteroatoms. The molecule has 3 aromatic rings. The van der Waals surface area contributed by atoms with Crippen molar-refractivity contribution in [3.05, 3.63) is 35.9 Å². The summed E-state index contributed by atoms with van der Waals surface area (Å²) in [5.41, 5.74) is 3.96. The average molecular weight is 350 g/mol. The van der Waals surface area contributed by atoms with Crippen molar-refractivity contribution in [1.82, 2.24) is 0 Å². The number of quaternary nitrogens is 1. The fourth-order valence-electron chi connectivity index (χ4n) is 4.30. The summed E-state index contributed by atoms with van der Waals surface area (Å²) in [4.78, 5) is 1.22. The fourth-order valence-corrected chi connectivity index (χ4v) is 4.30. The van der Waals surface area contributed by atoms with Crippen molar-refractivity contribution in [3.63, 3.8) is 0 Å². The molecule has 0 saturated heterocycles. The molecule has 0 amide bonds. The Balaban J connectivity index is 1.68. The van der Waals surface area contributed by atoms with Crippen LogP contribution in [0.3, 0.4) is 0 Å². The van der Waals surface area contributed by atoms with Crippen LogP contribution < -0.4 is 23.8 Å². The molecule has 1 unspecified atom stereocenters. The highest BCUT2D eigenvalue weighted by molar-refractivity contribution is 6.02. The summed E-state index contributed by atoms with van der Waals surface area (Å²) in [6.45, 7) is 1.15. The van der Waals surface area contributed by atoms with Gasteiger partial charge < -0.3 is 24.1 Å². The molecular weight excluding hydrogens is 334 g/mol. The average Bonchev–Trinajstić information content (AvgIpc) is 3.27. The van der Waals surface area contributed by atoms with E-state index in [2.05, 4.69) is 19.2 Å². The molecule has 0 aliphatic carbocycles. The van der Waals surface area contributed by atoms with Crippen molar-refractivity contribution in [3.8, 4) is 39.9 Å². The first kappa shape index (κ1) is 14.1. The third kappa shape index (κ3) is 1.69. The smallest absolute Gasteiger partial charge is 0.231 e. The van der Waals surface area contributed by atoms with E-state index in [9.17, 15) is 5.11 Å². The first-order chi connectivity index (χ1) is 12.7. The maximum absolute atomic E-state index is 10.7. The minimum atomic E-state index is 0.193. The Morgan fingerprint density at radius 3 is 2.58 bits per heavy atom. The van der Waals surface area contributed by atoms with Crippen LogP contribution in [-0.2, 0) is 6.54 Å². The van der Waals surface area contributed by atoms with Crippen molar-refractivity contribution in [2.75, 3.05) is 20.6 Å². The van der Waals surface area contributed by atoms with Crippen molar-refractivity contribution < 1.29 is 29.0 Å². The number of phenols is 1. The van der Waals surface area contributed by atoms with Crippen LogP contribution in [0.2, 0.25) is 0 Å². The molecule has 3 aliphatic rings. The number of hydrogen-bond acceptors (Lipinski definition) is 5. The number of ether oxygens (including phenoxy) is 4. The molecule has 0 aromatic heterocycles. The van der Waals surface area contributed by atoms with Gasteiger partial charge in [0.1, 0.15) is 18.0 Å². The molecule has 0 bridgehead atoms. The van der Waals surface area contributed by atoms with Gasteiger partial charge in [-0.2, -0.15) is 0 Å². The molecule has 0 fully saturated rings. The largest absolute Gasteiger partial charge is 0.507 e. The molecule has 3 aliphatic heterocycles. The lowest BCUT2D eigenvalue weighted by Gasteiger charge is -2.27. The van der Waals surface area contributed by atoms with Gasteiger partial charge in [0.25, 0.3) is 0 Å². The van der Waals surface area contributed by atoms with Crippen LogP contribution in [-0.4, -0.2) is 25.7 Å². The molecule has 0 radical (unpaired) electrons. The topological polar surface area (TPSA) is 61.6 Å². The Kier molecular flexibility index (Phi) is 2.57. The molecule has 2 N–H and O–H groups in total. The van der Waals surface area contributed by atoms with Gasteiger partial charge in [0, 0.05) is 22.6 Å². The lowest BCUT2D eigenvalue weighted by Crippen LogP contribution is -3.03. The normalized spacial score (nSPS) is 18.7. The Morgan fingerprint density at radius 2 is 1.69 bits per heavy atom. The number of hydrogen-bond donors (Lipinski definition) is 2. The lowest BCUT2D eigenvalue weighted by molar-refractivity contribution is -0.824. The molecule has 0 saturated carbocycles. The second kappa shape index (κ2) is 4.74. The Labute approximate surface area is 149 Å². The van der Waals surface area contributed by atoms with Gasteiger partial charge in [0.05, 0.1) is 12.6 Å². The molecule has 26 heavy (non-hydrogen) atoms. The first-order valence-corrected chi connectivity index (χ1v) is 8.54. The molecule has 3 aromatic carbocycles. The Hall–Kier alpha value is -3.12. The third-order valence-electron chi connectivity index (χ3n) is 5.39. The second-order valence-corrected chi connectivity index (χ2v) is 6.85. The first-order valence-electron chi connectivity index (χ1n) is 8.54. The van der Waals surface area contributed by atoms with Gasteiger partial charge in [-0.05, 0) is 23.6 Å². The van der Waals surface area contributed by atoms with Crippen LogP contribution in [0.25, 0.3) is 21.9 Å². The zero-order chi connectivity index (χ0) is 17.4. The van der Waals surface area contributed by atoms with Crippen molar-refractivity contribution in [2.24, 2.45) is 0 Å². The van der Waals surface area contributed by atoms with Gasteiger partial charge in [-0.15, -0.1) is 0 Å². The van der Waals surface area contributed by atoms with E-state index in [1.807, 2.05) is 12.1 Å². The summed E-state index contributed by atoms with van der Waals surface area (Å²) in [6.07, 6.45) is 0. The third-order valence-corrected chi connectivity index (χ3v) is 5.39. The molecule has 0 spiro atoms. The van der Waals surface area contributed by atoms with Crippen LogP contribution >= 0.6 is 0 Å². The molecule has 6 nitrogen and oxygen atoms in total. The van der Waals surface area contributed by atoms with Crippen molar-refractivity contribution in [2.45, 2.75) is 6.54 Å². The zero-order valence-electron chi connectivity index (χ0n) is 14.1. The highest BCUT2D eigenvalue weighted by Crippen LogP contribution is 2.50. The molecule has 130 valence electrons. The fraction of sp³-hybridized carbons (Fsp3) is 0.200. The van der Waals surface area contributed by atoms with Crippen LogP contribution in [0.1, 0.15) is 5.56 Å². The minimum Gasteiger partial charge on any atom is -0.507 e. The van der Waals surface area contributed by atoms with Crippen molar-refractivity contribution >= 4 is 16.5 Å². The van der Waals surface area contributed by atoms with Gasteiger partial charge >= 0.3 is 0 Å². The summed E-state index contributed by atoms with van der Waals surface area (Å²) in [5.74, 6) is 3.12. The number of rotatable bonds is 0. The second-order valence-electron chi connectivity index (χ2n) is 6.85. The molecule has 6 rings (SSSR count). The summed E-state index contributed by atoms with van der Waals surface area (Å²) < 4.78 is 22.2. The van der Waals surface area contributed by atoms with Crippen LogP contribution in [0.5, 0.6) is 28.7 Å². The Morgan fingerprint density at radius 1 is 0.923 bits per heavy atom. The van der Waals surface area contributed by atoms with Gasteiger partial charge in [0.2, 0.25) is 13.6 Å². The van der Waals surface area contributed by atoms with Gasteiger partial charge in [0.15, 0.2) is 23.0 Å².